The number of methoxy groups -OCH3 is 1. The second-order valence-electron chi connectivity index (χ2n) is 7.04. The van der Waals surface area contributed by atoms with Crippen molar-refractivity contribution < 1.29 is 19.1 Å². The van der Waals surface area contributed by atoms with Crippen molar-refractivity contribution in [1.29, 1.82) is 0 Å². The fourth-order valence-electron chi connectivity index (χ4n) is 2.59. The maximum absolute atomic E-state index is 12.1. The van der Waals surface area contributed by atoms with E-state index in [0.717, 1.165) is 22.3 Å². The van der Waals surface area contributed by atoms with Crippen LogP contribution in [-0.2, 0) is 20.7 Å². The molecule has 132 valence electrons. The second-order valence-corrected chi connectivity index (χ2v) is 7.04. The Morgan fingerprint density at radius 2 is 1.60 bits per heavy atom. The number of hydrogen-bond acceptors (Lipinski definition) is 4. The third-order valence-corrected chi connectivity index (χ3v) is 3.54. The van der Waals surface area contributed by atoms with E-state index in [1.807, 2.05) is 58.0 Å². The lowest BCUT2D eigenvalue weighted by molar-refractivity contribution is -0.153. The van der Waals surface area contributed by atoms with Crippen LogP contribution < -0.4 is 0 Å². The van der Waals surface area contributed by atoms with Crippen molar-refractivity contribution in [2.75, 3.05) is 7.11 Å². The van der Waals surface area contributed by atoms with Gasteiger partial charge in [0.2, 0.25) is 0 Å². The molecule has 0 spiro atoms. The molecule has 0 radical (unpaired) electrons. The minimum atomic E-state index is -0.493. The van der Waals surface area contributed by atoms with Crippen LogP contribution in [-0.4, -0.2) is 24.6 Å². The summed E-state index contributed by atoms with van der Waals surface area (Å²) in [6.07, 6.45) is 0.228. The van der Waals surface area contributed by atoms with E-state index < -0.39 is 5.60 Å². The topological polar surface area (TPSA) is 52.6 Å². The summed E-state index contributed by atoms with van der Waals surface area (Å²) in [5.74, 6) is -0.605. The summed E-state index contributed by atoms with van der Waals surface area (Å²) in [4.78, 5) is 23.6. The third-order valence-electron chi connectivity index (χ3n) is 3.54. The SMILES string of the molecule is COC(=O)c1ccc(-c2cc(C)cc(CC(=O)OC(C)(C)C)c2)cc1. The fraction of sp³-hybridized carbons (Fsp3) is 0.333. The van der Waals surface area contributed by atoms with E-state index in [1.54, 1.807) is 12.1 Å². The molecule has 0 aliphatic heterocycles. The van der Waals surface area contributed by atoms with Crippen LogP contribution in [0.1, 0.15) is 42.3 Å². The molecule has 0 amide bonds. The van der Waals surface area contributed by atoms with Gasteiger partial charge in [0.25, 0.3) is 0 Å². The van der Waals surface area contributed by atoms with Gasteiger partial charge in [-0.1, -0.05) is 35.9 Å². The standard InChI is InChI=1S/C21H24O4/c1-14-10-15(13-19(22)25-21(2,3)4)12-18(11-14)16-6-8-17(9-7-16)20(23)24-5/h6-12H,13H2,1-5H3. The predicted octanol–water partition coefficient (Wildman–Crippen LogP) is 4.33. The summed E-state index contributed by atoms with van der Waals surface area (Å²) in [6, 6.07) is 13.2. The van der Waals surface area contributed by atoms with Crippen LogP contribution in [0.4, 0.5) is 0 Å². The Balaban J connectivity index is 2.24. The molecule has 0 aromatic heterocycles. The summed E-state index contributed by atoms with van der Waals surface area (Å²) in [5, 5.41) is 0. The Labute approximate surface area is 148 Å². The molecular weight excluding hydrogens is 316 g/mol. The van der Waals surface area contributed by atoms with E-state index in [2.05, 4.69) is 0 Å². The first kappa shape index (κ1) is 18.7. The third kappa shape index (κ3) is 5.45. The smallest absolute Gasteiger partial charge is 0.337 e. The van der Waals surface area contributed by atoms with E-state index in [0.29, 0.717) is 5.56 Å². The van der Waals surface area contributed by atoms with Gasteiger partial charge in [-0.2, -0.15) is 0 Å². The van der Waals surface area contributed by atoms with E-state index in [-0.39, 0.29) is 18.4 Å². The summed E-state index contributed by atoms with van der Waals surface area (Å²) >= 11 is 0. The minimum absolute atomic E-state index is 0.228. The number of benzene rings is 2. The van der Waals surface area contributed by atoms with Gasteiger partial charge in [0, 0.05) is 0 Å². The lowest BCUT2D eigenvalue weighted by Crippen LogP contribution is -2.24. The molecular formula is C21H24O4. The van der Waals surface area contributed by atoms with Gasteiger partial charge in [-0.15, -0.1) is 0 Å². The Morgan fingerprint density at radius 3 is 2.16 bits per heavy atom. The molecule has 4 heteroatoms. The van der Waals surface area contributed by atoms with Gasteiger partial charge < -0.3 is 9.47 Å². The molecule has 2 rings (SSSR count). The first-order valence-corrected chi connectivity index (χ1v) is 8.19. The lowest BCUT2D eigenvalue weighted by Gasteiger charge is -2.19. The zero-order chi connectivity index (χ0) is 18.6. The quantitative estimate of drug-likeness (QED) is 0.777. The molecule has 0 heterocycles. The monoisotopic (exact) mass is 340 g/mol. The number of rotatable bonds is 4. The highest BCUT2D eigenvalue weighted by molar-refractivity contribution is 5.90. The van der Waals surface area contributed by atoms with Crippen LogP contribution in [0.3, 0.4) is 0 Å². The van der Waals surface area contributed by atoms with Crippen molar-refractivity contribution >= 4 is 11.9 Å². The fourth-order valence-corrected chi connectivity index (χ4v) is 2.59. The Morgan fingerprint density at radius 1 is 0.960 bits per heavy atom. The van der Waals surface area contributed by atoms with Crippen LogP contribution in [0.25, 0.3) is 11.1 Å². The van der Waals surface area contributed by atoms with Gasteiger partial charge >= 0.3 is 11.9 Å². The molecule has 0 saturated carbocycles. The largest absolute Gasteiger partial charge is 0.465 e. The summed E-state index contributed by atoms with van der Waals surface area (Å²) in [7, 11) is 1.36. The molecule has 0 aliphatic rings. The summed E-state index contributed by atoms with van der Waals surface area (Å²) in [6.45, 7) is 7.56. The second kappa shape index (κ2) is 7.51. The van der Waals surface area contributed by atoms with Crippen molar-refractivity contribution in [2.24, 2.45) is 0 Å². The maximum Gasteiger partial charge on any atom is 0.337 e. The zero-order valence-corrected chi connectivity index (χ0v) is 15.4. The molecule has 0 atom stereocenters. The number of ether oxygens (including phenoxy) is 2. The van der Waals surface area contributed by atoms with E-state index in [4.69, 9.17) is 9.47 Å². The van der Waals surface area contributed by atoms with Crippen molar-refractivity contribution in [3.05, 3.63) is 59.2 Å². The van der Waals surface area contributed by atoms with Gasteiger partial charge in [0.15, 0.2) is 0 Å². The Kier molecular flexibility index (Phi) is 5.62. The minimum Gasteiger partial charge on any atom is -0.465 e. The van der Waals surface area contributed by atoms with Gasteiger partial charge in [-0.3, -0.25) is 4.79 Å². The Hall–Kier alpha value is -2.62. The molecule has 4 nitrogen and oxygen atoms in total. The predicted molar refractivity (Wildman–Crippen MR) is 97.5 cm³/mol. The van der Waals surface area contributed by atoms with Crippen LogP contribution >= 0.6 is 0 Å². The van der Waals surface area contributed by atoms with Crippen molar-refractivity contribution in [2.45, 2.75) is 39.7 Å². The molecule has 0 unspecified atom stereocenters. The summed E-state index contributed by atoms with van der Waals surface area (Å²) in [5.41, 5.74) is 3.95. The van der Waals surface area contributed by atoms with Gasteiger partial charge in [0.1, 0.15) is 5.60 Å². The zero-order valence-electron chi connectivity index (χ0n) is 15.4. The number of hydrogen-bond donors (Lipinski definition) is 0. The van der Waals surface area contributed by atoms with E-state index in [9.17, 15) is 9.59 Å². The van der Waals surface area contributed by atoms with Gasteiger partial charge in [-0.25, -0.2) is 4.79 Å². The highest BCUT2D eigenvalue weighted by Gasteiger charge is 2.17. The van der Waals surface area contributed by atoms with Crippen molar-refractivity contribution in [1.82, 2.24) is 0 Å². The highest BCUT2D eigenvalue weighted by Crippen LogP contribution is 2.24. The highest BCUT2D eigenvalue weighted by atomic mass is 16.6. The number of carbonyl (C=O) groups is 2. The maximum atomic E-state index is 12.1. The molecule has 0 aliphatic carbocycles. The molecule has 0 N–H and O–H groups in total. The molecule has 0 fully saturated rings. The van der Waals surface area contributed by atoms with Crippen LogP contribution in [0, 0.1) is 6.92 Å². The molecule has 2 aromatic rings. The van der Waals surface area contributed by atoms with Crippen LogP contribution in [0.5, 0.6) is 0 Å². The molecule has 0 saturated heterocycles. The van der Waals surface area contributed by atoms with E-state index >= 15 is 0 Å². The molecule has 2 aromatic carbocycles. The number of carbonyl (C=O) groups excluding carboxylic acids is 2. The average Bonchev–Trinajstić information content (AvgIpc) is 2.51. The molecule has 0 bridgehead atoms. The van der Waals surface area contributed by atoms with Gasteiger partial charge in [-0.05, 0) is 56.5 Å². The van der Waals surface area contributed by atoms with Crippen LogP contribution in [0.2, 0.25) is 0 Å². The Bertz CT molecular complexity index is 767. The van der Waals surface area contributed by atoms with Crippen molar-refractivity contribution in [3.8, 4) is 11.1 Å². The normalized spacial score (nSPS) is 11.1. The molecule has 25 heavy (non-hydrogen) atoms. The first-order valence-electron chi connectivity index (χ1n) is 8.19. The van der Waals surface area contributed by atoms with Gasteiger partial charge in [0.05, 0.1) is 19.1 Å². The van der Waals surface area contributed by atoms with Crippen LogP contribution in [0.15, 0.2) is 42.5 Å². The lowest BCUT2D eigenvalue weighted by atomic mass is 9.98. The number of esters is 2. The first-order chi connectivity index (χ1) is 11.7. The van der Waals surface area contributed by atoms with Crippen molar-refractivity contribution in [3.63, 3.8) is 0 Å². The van der Waals surface area contributed by atoms with E-state index in [1.165, 1.54) is 7.11 Å². The number of aryl methyl sites for hydroxylation is 1. The summed E-state index contributed by atoms with van der Waals surface area (Å²) < 4.78 is 10.1. The average molecular weight is 340 g/mol.